The number of carbonyl (C=O) groups excluding carboxylic acids is 1. The van der Waals surface area contributed by atoms with E-state index >= 15 is 0 Å². The molecule has 9 heteroatoms. The zero-order valence-electron chi connectivity index (χ0n) is 11.1. The molecule has 1 amide bonds. The Bertz CT molecular complexity index is 705. The maximum Gasteiger partial charge on any atom is 0.318 e. The molecule has 0 radical (unpaired) electrons. The van der Waals surface area contributed by atoms with Crippen LogP contribution in [0.2, 0.25) is 0 Å². The van der Waals surface area contributed by atoms with Crippen molar-refractivity contribution in [3.8, 4) is 6.07 Å². The van der Waals surface area contributed by atoms with E-state index in [0.717, 1.165) is 0 Å². The highest BCUT2D eigenvalue weighted by molar-refractivity contribution is 7.89. The highest BCUT2D eigenvalue weighted by Crippen LogP contribution is 2.20. The number of rotatable bonds is 6. The molecule has 0 saturated carbocycles. The van der Waals surface area contributed by atoms with E-state index in [1.807, 2.05) is 6.07 Å². The predicted molar refractivity (Wildman–Crippen MR) is 71.5 cm³/mol. The van der Waals surface area contributed by atoms with Gasteiger partial charge in [-0.05, 0) is 30.7 Å². The number of aryl methyl sites for hydroxylation is 1. The minimum atomic E-state index is -4.20. The second-order valence-corrected chi connectivity index (χ2v) is 6.13. The van der Waals surface area contributed by atoms with Crippen LogP contribution >= 0.6 is 0 Å². The number of aliphatic carboxylic acids is 1. The van der Waals surface area contributed by atoms with Crippen LogP contribution in [0.25, 0.3) is 0 Å². The predicted octanol–water partition coefficient (Wildman–Crippen LogP) is -0.573. The van der Waals surface area contributed by atoms with Crippen LogP contribution in [0.3, 0.4) is 0 Å². The smallest absolute Gasteiger partial charge is 0.318 e. The van der Waals surface area contributed by atoms with Gasteiger partial charge in [0.25, 0.3) is 0 Å². The fraction of sp³-hybridized carbons (Fsp3) is 0.250. The summed E-state index contributed by atoms with van der Waals surface area (Å²) in [6, 6.07) is 5.71. The average molecular weight is 311 g/mol. The largest absolute Gasteiger partial charge is 0.480 e. The van der Waals surface area contributed by atoms with E-state index in [0.29, 0.717) is 4.31 Å². The summed E-state index contributed by atoms with van der Waals surface area (Å²) < 4.78 is 25.3. The molecule has 0 spiro atoms. The average Bonchev–Trinajstić information content (AvgIpc) is 2.36. The number of sulfonamides is 1. The molecule has 0 aliphatic carbocycles. The van der Waals surface area contributed by atoms with Crippen molar-refractivity contribution in [2.45, 2.75) is 11.8 Å². The summed E-state index contributed by atoms with van der Waals surface area (Å²) in [5, 5.41) is 17.5. The van der Waals surface area contributed by atoms with E-state index in [9.17, 15) is 18.0 Å². The number of primary amides is 1. The Balaban J connectivity index is 3.31. The number of carboxylic acid groups (broad SMARTS) is 1. The molecule has 0 heterocycles. The zero-order valence-corrected chi connectivity index (χ0v) is 11.9. The monoisotopic (exact) mass is 311 g/mol. The molecule has 0 saturated heterocycles. The number of hydrogen-bond donors (Lipinski definition) is 2. The van der Waals surface area contributed by atoms with Gasteiger partial charge in [0.05, 0.1) is 23.1 Å². The van der Waals surface area contributed by atoms with Crippen molar-refractivity contribution in [3.05, 3.63) is 29.3 Å². The van der Waals surface area contributed by atoms with Crippen LogP contribution in [0.5, 0.6) is 0 Å². The fourth-order valence-corrected chi connectivity index (χ4v) is 3.26. The minimum absolute atomic E-state index is 0.177. The number of carbonyl (C=O) groups is 2. The lowest BCUT2D eigenvalue weighted by Crippen LogP contribution is -2.41. The van der Waals surface area contributed by atoms with E-state index in [1.165, 1.54) is 25.1 Å². The van der Waals surface area contributed by atoms with Gasteiger partial charge in [-0.2, -0.15) is 9.57 Å². The summed E-state index contributed by atoms with van der Waals surface area (Å²) in [5.74, 6) is -2.38. The number of benzene rings is 1. The van der Waals surface area contributed by atoms with Gasteiger partial charge in [-0.15, -0.1) is 0 Å². The molecular formula is C12H13N3O5S. The molecule has 0 aromatic heterocycles. The van der Waals surface area contributed by atoms with E-state index in [4.69, 9.17) is 16.1 Å². The zero-order chi connectivity index (χ0) is 16.2. The van der Waals surface area contributed by atoms with E-state index in [2.05, 4.69) is 0 Å². The first-order valence-electron chi connectivity index (χ1n) is 5.69. The summed E-state index contributed by atoms with van der Waals surface area (Å²) in [4.78, 5) is 21.5. The molecule has 21 heavy (non-hydrogen) atoms. The van der Waals surface area contributed by atoms with Crippen LogP contribution in [0.4, 0.5) is 0 Å². The van der Waals surface area contributed by atoms with Crippen LogP contribution in [0.1, 0.15) is 11.1 Å². The second-order valence-electron chi connectivity index (χ2n) is 4.23. The van der Waals surface area contributed by atoms with Crippen molar-refractivity contribution in [2.75, 3.05) is 13.1 Å². The van der Waals surface area contributed by atoms with Gasteiger partial charge in [0.2, 0.25) is 15.9 Å². The first kappa shape index (κ1) is 16.6. The summed E-state index contributed by atoms with van der Waals surface area (Å²) in [7, 11) is -4.20. The highest BCUT2D eigenvalue weighted by Gasteiger charge is 2.29. The third-order valence-electron chi connectivity index (χ3n) is 2.57. The van der Waals surface area contributed by atoms with Crippen LogP contribution < -0.4 is 5.73 Å². The van der Waals surface area contributed by atoms with Gasteiger partial charge in [-0.1, -0.05) is 0 Å². The number of nitriles is 1. The van der Waals surface area contributed by atoms with Gasteiger partial charge in [0.15, 0.2) is 0 Å². The van der Waals surface area contributed by atoms with Crippen molar-refractivity contribution in [2.24, 2.45) is 5.73 Å². The lowest BCUT2D eigenvalue weighted by molar-refractivity contribution is -0.137. The molecule has 0 aliphatic heterocycles. The fourth-order valence-electron chi connectivity index (χ4n) is 1.70. The van der Waals surface area contributed by atoms with E-state index in [1.54, 1.807) is 0 Å². The molecular weight excluding hydrogens is 298 g/mol. The number of nitrogens with two attached hydrogens (primary N) is 1. The summed E-state index contributed by atoms with van der Waals surface area (Å²) in [6.45, 7) is -0.157. The van der Waals surface area contributed by atoms with Crippen molar-refractivity contribution < 1.29 is 23.1 Å². The highest BCUT2D eigenvalue weighted by atomic mass is 32.2. The molecule has 0 unspecified atom stereocenters. The Labute approximate surface area is 121 Å². The Morgan fingerprint density at radius 3 is 2.43 bits per heavy atom. The van der Waals surface area contributed by atoms with Crippen molar-refractivity contribution in [3.63, 3.8) is 0 Å². The molecule has 1 aromatic rings. The lowest BCUT2D eigenvalue weighted by Gasteiger charge is -2.20. The van der Waals surface area contributed by atoms with Crippen molar-refractivity contribution in [1.29, 1.82) is 5.26 Å². The number of hydrogen-bond acceptors (Lipinski definition) is 5. The Morgan fingerprint density at radius 1 is 1.38 bits per heavy atom. The summed E-state index contributed by atoms with van der Waals surface area (Å²) >= 11 is 0. The second kappa shape index (κ2) is 6.34. The topological polar surface area (TPSA) is 142 Å². The maximum atomic E-state index is 12.4. The van der Waals surface area contributed by atoms with Gasteiger partial charge in [-0.25, -0.2) is 8.42 Å². The van der Waals surface area contributed by atoms with Crippen LogP contribution in [-0.4, -0.2) is 42.8 Å². The summed E-state index contributed by atoms with van der Waals surface area (Å²) in [5.41, 5.74) is 5.49. The Morgan fingerprint density at radius 2 is 2.00 bits per heavy atom. The van der Waals surface area contributed by atoms with Gasteiger partial charge >= 0.3 is 5.97 Å². The van der Waals surface area contributed by atoms with Crippen molar-refractivity contribution in [1.82, 2.24) is 4.31 Å². The first-order chi connectivity index (χ1) is 9.68. The Kier molecular flexibility index (Phi) is 5.02. The van der Waals surface area contributed by atoms with Gasteiger partial charge in [0, 0.05) is 0 Å². The molecule has 1 rings (SSSR count). The molecule has 0 atom stereocenters. The molecule has 1 aromatic carbocycles. The number of nitrogens with zero attached hydrogens (tertiary/aromatic N) is 2. The van der Waals surface area contributed by atoms with Crippen molar-refractivity contribution >= 4 is 21.9 Å². The lowest BCUT2D eigenvalue weighted by atomic mass is 10.2. The Hall–Kier alpha value is -2.44. The molecule has 0 bridgehead atoms. The van der Waals surface area contributed by atoms with E-state index in [-0.39, 0.29) is 16.0 Å². The van der Waals surface area contributed by atoms with Gasteiger partial charge in [0.1, 0.15) is 6.54 Å². The molecule has 0 aliphatic rings. The third-order valence-corrected chi connectivity index (χ3v) is 4.52. The third kappa shape index (κ3) is 4.01. The van der Waals surface area contributed by atoms with Gasteiger partial charge in [-0.3, -0.25) is 9.59 Å². The van der Waals surface area contributed by atoms with E-state index < -0.39 is 35.0 Å². The normalized spacial score (nSPS) is 11.1. The molecule has 3 N–H and O–H groups in total. The summed E-state index contributed by atoms with van der Waals surface area (Å²) in [6.07, 6.45) is 0. The molecule has 0 fully saturated rings. The standard InChI is InChI=1S/C12H13N3O5S/c1-8-4-9(5-13)2-3-10(8)21(19,20)15(6-11(14)16)7-12(17)18/h2-4H,6-7H2,1H3,(H2,14,16)(H,17,18). The SMILES string of the molecule is Cc1cc(C#N)ccc1S(=O)(=O)N(CC(N)=O)CC(=O)O. The molecule has 112 valence electrons. The minimum Gasteiger partial charge on any atom is -0.480 e. The van der Waals surface area contributed by atoms with Crippen LogP contribution in [0, 0.1) is 18.3 Å². The molecule has 8 nitrogen and oxygen atoms in total. The van der Waals surface area contributed by atoms with Crippen LogP contribution in [-0.2, 0) is 19.6 Å². The number of amides is 1. The van der Waals surface area contributed by atoms with Crippen LogP contribution in [0.15, 0.2) is 23.1 Å². The van der Waals surface area contributed by atoms with Gasteiger partial charge < -0.3 is 10.8 Å². The first-order valence-corrected chi connectivity index (χ1v) is 7.13. The maximum absolute atomic E-state index is 12.4. The quantitative estimate of drug-likeness (QED) is 0.720. The number of carboxylic acids is 1.